The zero-order chi connectivity index (χ0) is 14.6. The molecule has 0 saturated heterocycles. The van der Waals surface area contributed by atoms with Gasteiger partial charge < -0.3 is 30.3 Å². The van der Waals surface area contributed by atoms with Gasteiger partial charge in [0.1, 0.15) is 24.4 Å². The van der Waals surface area contributed by atoms with E-state index in [1.807, 2.05) is 0 Å². The number of unbranched alkanes of at least 4 members (excludes halogenated alkanes) is 3. The minimum Gasteiger partial charge on any atom is -0.394 e. The Hall–Kier alpha value is -0.530. The summed E-state index contributed by atoms with van der Waals surface area (Å²) >= 11 is 0. The molecule has 0 aromatic carbocycles. The topological polar surface area (TPSA) is 118 Å². The number of carbonyl (C=O) groups is 1. The van der Waals surface area contributed by atoms with Gasteiger partial charge in [0.25, 0.3) is 0 Å². The monoisotopic (exact) mass is 266 g/mol. The van der Waals surface area contributed by atoms with Crippen molar-refractivity contribution in [1.82, 2.24) is 0 Å². The zero-order valence-corrected chi connectivity index (χ0v) is 11.1. The Kier molecular flexibility index (Phi) is 14.2. The smallest absolute Gasteiger partial charge is 0.151 e. The summed E-state index contributed by atoms with van der Waals surface area (Å²) in [4.78, 5) is 9.90. The van der Waals surface area contributed by atoms with Crippen LogP contribution in [0.4, 0.5) is 0 Å². The Morgan fingerprint density at radius 2 is 1.39 bits per heavy atom. The Morgan fingerprint density at radius 3 is 1.67 bits per heavy atom. The van der Waals surface area contributed by atoms with E-state index in [2.05, 4.69) is 13.8 Å². The highest BCUT2D eigenvalue weighted by Gasteiger charge is 2.29. The molecule has 0 rings (SSSR count). The third-order valence-electron chi connectivity index (χ3n) is 2.38. The third kappa shape index (κ3) is 9.49. The number of carbonyl (C=O) groups excluding carboxylic acids is 1. The van der Waals surface area contributed by atoms with Crippen molar-refractivity contribution in [2.24, 2.45) is 0 Å². The number of rotatable bonds is 8. The van der Waals surface area contributed by atoms with Crippen LogP contribution in [0, 0.1) is 0 Å². The summed E-state index contributed by atoms with van der Waals surface area (Å²) in [6.45, 7) is 3.70. The molecule has 0 radical (unpaired) electrons. The summed E-state index contributed by atoms with van der Waals surface area (Å²) < 4.78 is 0. The molecule has 0 amide bonds. The van der Waals surface area contributed by atoms with Crippen LogP contribution in [-0.2, 0) is 4.79 Å². The van der Waals surface area contributed by atoms with Crippen LogP contribution in [0.25, 0.3) is 0 Å². The van der Waals surface area contributed by atoms with Crippen LogP contribution >= 0.6 is 0 Å². The fourth-order valence-electron chi connectivity index (χ4n) is 1.12. The van der Waals surface area contributed by atoms with Crippen LogP contribution in [0.3, 0.4) is 0 Å². The maximum atomic E-state index is 9.90. The minimum absolute atomic E-state index is 0.0258. The fraction of sp³-hybridized carbons (Fsp3) is 0.917. The maximum Gasteiger partial charge on any atom is 0.151 e. The van der Waals surface area contributed by atoms with Gasteiger partial charge in [0.2, 0.25) is 0 Å². The predicted octanol–water partition coefficient (Wildman–Crippen LogP) is -0.792. The highest BCUT2D eigenvalue weighted by Crippen LogP contribution is 2.02. The first-order valence-corrected chi connectivity index (χ1v) is 6.24. The Morgan fingerprint density at radius 1 is 0.944 bits per heavy atom. The zero-order valence-electron chi connectivity index (χ0n) is 11.1. The van der Waals surface area contributed by atoms with Gasteiger partial charge in [-0.15, -0.1) is 0 Å². The SMILES string of the molecule is CCCCCC.O=C[C@H](O)[C@@H](O)[C@H](O)[C@H](O)CO. The maximum absolute atomic E-state index is 9.90. The van der Waals surface area contributed by atoms with Crippen molar-refractivity contribution in [3.63, 3.8) is 0 Å². The van der Waals surface area contributed by atoms with Gasteiger partial charge in [-0.3, -0.25) is 0 Å². The lowest BCUT2D eigenvalue weighted by molar-refractivity contribution is -0.136. The second-order valence-electron chi connectivity index (χ2n) is 4.06. The number of aldehydes is 1. The molecule has 6 heteroatoms. The fourth-order valence-corrected chi connectivity index (χ4v) is 1.12. The van der Waals surface area contributed by atoms with E-state index in [-0.39, 0.29) is 6.29 Å². The molecule has 0 bridgehead atoms. The van der Waals surface area contributed by atoms with Crippen LogP contribution in [0.15, 0.2) is 0 Å². The molecular weight excluding hydrogens is 240 g/mol. The minimum atomic E-state index is -1.79. The summed E-state index contributed by atoms with van der Waals surface area (Å²) in [6.07, 6.45) is -1.30. The van der Waals surface area contributed by atoms with Crippen molar-refractivity contribution in [3.8, 4) is 0 Å². The molecule has 0 spiro atoms. The van der Waals surface area contributed by atoms with E-state index in [1.165, 1.54) is 25.7 Å². The molecule has 110 valence electrons. The summed E-state index contributed by atoms with van der Waals surface area (Å²) in [5.74, 6) is 0. The van der Waals surface area contributed by atoms with Crippen molar-refractivity contribution in [1.29, 1.82) is 0 Å². The van der Waals surface area contributed by atoms with Crippen LogP contribution in [-0.4, -0.2) is 62.8 Å². The first-order valence-electron chi connectivity index (χ1n) is 6.24. The second-order valence-corrected chi connectivity index (χ2v) is 4.06. The highest BCUT2D eigenvalue weighted by atomic mass is 16.4. The molecule has 0 unspecified atom stereocenters. The number of hydrogen-bond acceptors (Lipinski definition) is 6. The van der Waals surface area contributed by atoms with Gasteiger partial charge in [0.15, 0.2) is 6.29 Å². The molecule has 0 heterocycles. The van der Waals surface area contributed by atoms with Gasteiger partial charge in [0, 0.05) is 0 Å². The Balaban J connectivity index is 0. The van der Waals surface area contributed by atoms with Crippen LogP contribution in [0.5, 0.6) is 0 Å². The molecular formula is C12H26O6. The Bertz CT molecular complexity index is 183. The van der Waals surface area contributed by atoms with Crippen molar-refractivity contribution in [2.45, 2.75) is 63.9 Å². The number of aliphatic hydroxyl groups is 5. The normalized spacial score (nSPS) is 17.1. The van der Waals surface area contributed by atoms with E-state index in [1.54, 1.807) is 0 Å². The molecule has 4 atom stereocenters. The first-order chi connectivity index (χ1) is 8.45. The van der Waals surface area contributed by atoms with E-state index in [0.717, 1.165) is 0 Å². The van der Waals surface area contributed by atoms with E-state index < -0.39 is 31.0 Å². The van der Waals surface area contributed by atoms with Gasteiger partial charge in [-0.2, -0.15) is 0 Å². The van der Waals surface area contributed by atoms with Crippen LogP contribution in [0.1, 0.15) is 39.5 Å². The van der Waals surface area contributed by atoms with Crippen molar-refractivity contribution < 1.29 is 30.3 Å². The van der Waals surface area contributed by atoms with E-state index >= 15 is 0 Å². The van der Waals surface area contributed by atoms with Gasteiger partial charge in [-0.05, 0) is 0 Å². The molecule has 6 nitrogen and oxygen atoms in total. The van der Waals surface area contributed by atoms with Gasteiger partial charge in [0.05, 0.1) is 6.61 Å². The van der Waals surface area contributed by atoms with E-state index in [9.17, 15) is 4.79 Å². The summed E-state index contributed by atoms with van der Waals surface area (Å²) in [5, 5.41) is 43.5. The first kappa shape index (κ1) is 19.8. The van der Waals surface area contributed by atoms with Crippen molar-refractivity contribution in [2.75, 3.05) is 6.61 Å². The molecule has 0 aliphatic rings. The summed E-state index contributed by atoms with van der Waals surface area (Å²) in [5.41, 5.74) is 0. The number of hydrogen-bond donors (Lipinski definition) is 5. The molecule has 18 heavy (non-hydrogen) atoms. The Labute approximate surface area is 108 Å². The van der Waals surface area contributed by atoms with Crippen molar-refractivity contribution in [3.05, 3.63) is 0 Å². The standard InChI is InChI=1S/C6H12O6.C6H14/c7-1-3(9)5(11)6(12)4(10)2-8;1-3-5-6-4-2/h1,3-6,8-12H,2H2;3-6H2,1-2H3/t3-,4+,5+,6+;/m0./s1. The number of aliphatic hydroxyl groups excluding tert-OH is 5. The molecule has 0 saturated carbocycles. The van der Waals surface area contributed by atoms with E-state index in [0.29, 0.717) is 0 Å². The van der Waals surface area contributed by atoms with Crippen LogP contribution in [0.2, 0.25) is 0 Å². The second kappa shape index (κ2) is 12.9. The van der Waals surface area contributed by atoms with E-state index in [4.69, 9.17) is 25.5 Å². The summed E-state index contributed by atoms with van der Waals surface area (Å²) in [7, 11) is 0. The third-order valence-corrected chi connectivity index (χ3v) is 2.38. The molecule has 5 N–H and O–H groups in total. The quantitative estimate of drug-likeness (QED) is 0.290. The lowest BCUT2D eigenvalue weighted by Gasteiger charge is -2.22. The van der Waals surface area contributed by atoms with Gasteiger partial charge >= 0.3 is 0 Å². The average molecular weight is 266 g/mol. The average Bonchev–Trinajstić information content (AvgIpc) is 2.42. The summed E-state index contributed by atoms with van der Waals surface area (Å²) in [6, 6.07) is 0. The van der Waals surface area contributed by atoms with Gasteiger partial charge in [-0.1, -0.05) is 39.5 Å². The van der Waals surface area contributed by atoms with Crippen LogP contribution < -0.4 is 0 Å². The molecule has 0 aromatic rings. The lowest BCUT2D eigenvalue weighted by Crippen LogP contribution is -2.46. The lowest BCUT2D eigenvalue weighted by atomic mass is 10.0. The molecule has 0 aliphatic heterocycles. The molecule has 0 fully saturated rings. The highest BCUT2D eigenvalue weighted by molar-refractivity contribution is 5.56. The molecule has 0 aliphatic carbocycles. The largest absolute Gasteiger partial charge is 0.394 e. The van der Waals surface area contributed by atoms with Crippen molar-refractivity contribution >= 4 is 6.29 Å². The van der Waals surface area contributed by atoms with Gasteiger partial charge in [-0.25, -0.2) is 0 Å². The molecule has 0 aromatic heterocycles. The predicted molar refractivity (Wildman–Crippen MR) is 67.0 cm³/mol.